The number of aliphatic imine (C=N–C) groups is 1. The number of allylic oxidation sites excluding steroid dienone is 2. The van der Waals surface area contributed by atoms with Crippen molar-refractivity contribution in [2.75, 3.05) is 0 Å². The van der Waals surface area contributed by atoms with Gasteiger partial charge in [0.15, 0.2) is 0 Å². The van der Waals surface area contributed by atoms with E-state index in [1.54, 1.807) is 12.3 Å². The summed E-state index contributed by atoms with van der Waals surface area (Å²) in [5.74, 6) is 0. The molecular weight excluding hydrogens is 158 g/mol. The van der Waals surface area contributed by atoms with E-state index in [0.717, 1.165) is 11.3 Å². The standard InChI is InChI=1S/C12H13N/c1-3-4-10-13-11(2)12-8-6-5-7-9-12/h3-10H,1H2,2H3/b10-4-,13-11+. The highest BCUT2D eigenvalue weighted by molar-refractivity contribution is 5.98. The molecule has 1 aromatic rings. The van der Waals surface area contributed by atoms with Crippen LogP contribution in [-0.2, 0) is 0 Å². The molecule has 0 atom stereocenters. The first-order valence-corrected chi connectivity index (χ1v) is 4.22. The Morgan fingerprint density at radius 2 is 2.00 bits per heavy atom. The Kier molecular flexibility index (Phi) is 3.71. The first kappa shape index (κ1) is 9.46. The highest BCUT2D eigenvalue weighted by Crippen LogP contribution is 2.00. The van der Waals surface area contributed by atoms with Gasteiger partial charge in [-0.3, -0.25) is 4.99 Å². The van der Waals surface area contributed by atoms with Crippen LogP contribution in [0.1, 0.15) is 12.5 Å². The second-order valence-electron chi connectivity index (χ2n) is 2.66. The Bertz CT molecular complexity index is 320. The molecule has 13 heavy (non-hydrogen) atoms. The summed E-state index contributed by atoms with van der Waals surface area (Å²) in [5, 5.41) is 0. The van der Waals surface area contributed by atoms with Crippen molar-refractivity contribution >= 4 is 5.71 Å². The molecule has 0 bridgehead atoms. The molecule has 0 N–H and O–H groups in total. The van der Waals surface area contributed by atoms with Crippen molar-refractivity contribution in [3.8, 4) is 0 Å². The van der Waals surface area contributed by atoms with E-state index in [-0.39, 0.29) is 0 Å². The SMILES string of the molecule is C=C/C=C\N=C(/C)c1ccccc1. The van der Waals surface area contributed by atoms with Crippen molar-refractivity contribution in [1.29, 1.82) is 0 Å². The lowest BCUT2D eigenvalue weighted by Gasteiger charge is -1.96. The lowest BCUT2D eigenvalue weighted by molar-refractivity contribution is 1.50. The lowest BCUT2D eigenvalue weighted by Crippen LogP contribution is -1.91. The third-order valence-corrected chi connectivity index (χ3v) is 1.68. The van der Waals surface area contributed by atoms with Gasteiger partial charge in [-0.2, -0.15) is 0 Å². The molecular formula is C12H13N. The fraction of sp³-hybridized carbons (Fsp3) is 0.0833. The number of hydrogen-bond acceptors (Lipinski definition) is 1. The number of rotatable bonds is 3. The Balaban J connectivity index is 2.79. The molecule has 0 aliphatic carbocycles. The van der Waals surface area contributed by atoms with Crippen molar-refractivity contribution in [3.63, 3.8) is 0 Å². The largest absolute Gasteiger partial charge is 0.261 e. The molecule has 0 saturated heterocycles. The fourth-order valence-corrected chi connectivity index (χ4v) is 0.970. The van der Waals surface area contributed by atoms with Crippen LogP contribution in [0.15, 0.2) is 60.3 Å². The quantitative estimate of drug-likeness (QED) is 0.489. The van der Waals surface area contributed by atoms with E-state index in [1.807, 2.05) is 43.3 Å². The van der Waals surface area contributed by atoms with Crippen LogP contribution in [0, 0.1) is 0 Å². The smallest absolute Gasteiger partial charge is 0.0444 e. The minimum Gasteiger partial charge on any atom is -0.261 e. The van der Waals surface area contributed by atoms with Gasteiger partial charge in [0.25, 0.3) is 0 Å². The van der Waals surface area contributed by atoms with Crippen LogP contribution in [0.5, 0.6) is 0 Å². The van der Waals surface area contributed by atoms with E-state index in [4.69, 9.17) is 0 Å². The van der Waals surface area contributed by atoms with Gasteiger partial charge in [-0.1, -0.05) is 43.0 Å². The van der Waals surface area contributed by atoms with Crippen LogP contribution in [0.3, 0.4) is 0 Å². The average molecular weight is 171 g/mol. The summed E-state index contributed by atoms with van der Waals surface area (Å²) < 4.78 is 0. The zero-order valence-corrected chi connectivity index (χ0v) is 7.77. The summed E-state index contributed by atoms with van der Waals surface area (Å²) in [6.45, 7) is 5.56. The molecule has 66 valence electrons. The zero-order chi connectivity index (χ0) is 9.52. The second-order valence-corrected chi connectivity index (χ2v) is 2.66. The highest BCUT2D eigenvalue weighted by atomic mass is 14.7. The maximum absolute atomic E-state index is 4.25. The fourth-order valence-electron chi connectivity index (χ4n) is 0.970. The van der Waals surface area contributed by atoms with Crippen LogP contribution in [-0.4, -0.2) is 5.71 Å². The molecule has 0 aromatic heterocycles. The second kappa shape index (κ2) is 5.09. The van der Waals surface area contributed by atoms with Gasteiger partial charge in [-0.25, -0.2) is 0 Å². The Morgan fingerprint density at radius 1 is 1.31 bits per heavy atom. The van der Waals surface area contributed by atoms with E-state index in [2.05, 4.69) is 11.6 Å². The predicted octanol–water partition coefficient (Wildman–Crippen LogP) is 3.20. The van der Waals surface area contributed by atoms with Crippen molar-refractivity contribution in [2.45, 2.75) is 6.92 Å². The van der Waals surface area contributed by atoms with Crippen LogP contribution in [0.4, 0.5) is 0 Å². The molecule has 0 heterocycles. The molecule has 0 aliphatic rings. The van der Waals surface area contributed by atoms with Gasteiger partial charge in [0, 0.05) is 11.9 Å². The average Bonchev–Trinajstić information content (AvgIpc) is 2.19. The maximum atomic E-state index is 4.25. The van der Waals surface area contributed by atoms with Gasteiger partial charge in [0.1, 0.15) is 0 Å². The van der Waals surface area contributed by atoms with Gasteiger partial charge in [0.2, 0.25) is 0 Å². The monoisotopic (exact) mass is 171 g/mol. The Morgan fingerprint density at radius 3 is 2.62 bits per heavy atom. The van der Waals surface area contributed by atoms with Gasteiger partial charge in [-0.15, -0.1) is 0 Å². The number of hydrogen-bond donors (Lipinski definition) is 0. The summed E-state index contributed by atoms with van der Waals surface area (Å²) in [6, 6.07) is 10.1. The molecule has 1 heteroatoms. The zero-order valence-electron chi connectivity index (χ0n) is 7.77. The van der Waals surface area contributed by atoms with Crippen molar-refractivity contribution in [3.05, 3.63) is 60.8 Å². The van der Waals surface area contributed by atoms with Crippen LogP contribution >= 0.6 is 0 Å². The normalized spacial score (nSPS) is 11.9. The number of benzene rings is 1. The summed E-state index contributed by atoms with van der Waals surface area (Å²) in [4.78, 5) is 4.25. The summed E-state index contributed by atoms with van der Waals surface area (Å²) in [7, 11) is 0. The Labute approximate surface area is 79.1 Å². The predicted molar refractivity (Wildman–Crippen MR) is 58.0 cm³/mol. The minimum absolute atomic E-state index is 1.01. The highest BCUT2D eigenvalue weighted by Gasteiger charge is 1.91. The molecule has 1 rings (SSSR count). The molecule has 0 aliphatic heterocycles. The van der Waals surface area contributed by atoms with Crippen molar-refractivity contribution in [1.82, 2.24) is 0 Å². The van der Waals surface area contributed by atoms with E-state index >= 15 is 0 Å². The molecule has 1 nitrogen and oxygen atoms in total. The topological polar surface area (TPSA) is 12.4 Å². The van der Waals surface area contributed by atoms with Crippen LogP contribution < -0.4 is 0 Å². The van der Waals surface area contributed by atoms with Gasteiger partial charge in [-0.05, 0) is 18.6 Å². The minimum atomic E-state index is 1.01. The molecule has 0 amide bonds. The third-order valence-electron chi connectivity index (χ3n) is 1.68. The molecule has 1 aromatic carbocycles. The van der Waals surface area contributed by atoms with E-state index < -0.39 is 0 Å². The summed E-state index contributed by atoms with van der Waals surface area (Å²) >= 11 is 0. The molecule has 0 spiro atoms. The molecule has 0 fully saturated rings. The summed E-state index contributed by atoms with van der Waals surface area (Å²) in [6.07, 6.45) is 5.27. The van der Waals surface area contributed by atoms with Crippen molar-refractivity contribution in [2.24, 2.45) is 4.99 Å². The van der Waals surface area contributed by atoms with Crippen LogP contribution in [0.2, 0.25) is 0 Å². The lowest BCUT2D eigenvalue weighted by atomic mass is 10.1. The Hall–Kier alpha value is -1.63. The third kappa shape index (κ3) is 3.08. The summed E-state index contributed by atoms with van der Waals surface area (Å²) in [5.41, 5.74) is 2.16. The van der Waals surface area contributed by atoms with Crippen LogP contribution in [0.25, 0.3) is 0 Å². The van der Waals surface area contributed by atoms with Gasteiger partial charge < -0.3 is 0 Å². The maximum Gasteiger partial charge on any atom is 0.0444 e. The van der Waals surface area contributed by atoms with E-state index in [9.17, 15) is 0 Å². The van der Waals surface area contributed by atoms with E-state index in [1.165, 1.54) is 0 Å². The van der Waals surface area contributed by atoms with Gasteiger partial charge in [0.05, 0.1) is 0 Å². The van der Waals surface area contributed by atoms with Crippen molar-refractivity contribution < 1.29 is 0 Å². The van der Waals surface area contributed by atoms with Gasteiger partial charge >= 0.3 is 0 Å². The molecule has 0 radical (unpaired) electrons. The van der Waals surface area contributed by atoms with E-state index in [0.29, 0.717) is 0 Å². The number of nitrogens with zero attached hydrogens (tertiary/aromatic N) is 1. The molecule has 0 unspecified atom stereocenters. The molecule has 0 saturated carbocycles. The first-order chi connectivity index (χ1) is 6.34. The first-order valence-electron chi connectivity index (χ1n) is 4.22.